The minimum Gasteiger partial charge on any atom is -0.456 e. The maximum Gasteiger partial charge on any atom is 0.413 e. The second-order valence-corrected chi connectivity index (χ2v) is 4.88. The van der Waals surface area contributed by atoms with Crippen LogP contribution in [-0.2, 0) is 19.1 Å². The van der Waals surface area contributed by atoms with E-state index in [2.05, 4.69) is 14.8 Å². The highest BCUT2D eigenvalue weighted by molar-refractivity contribution is 6.30. The second kappa shape index (κ2) is 10.2. The van der Waals surface area contributed by atoms with Gasteiger partial charge in [0.05, 0.1) is 13.0 Å². The molecule has 0 saturated carbocycles. The zero-order chi connectivity index (χ0) is 17.9. The molecule has 0 spiro atoms. The smallest absolute Gasteiger partial charge is 0.413 e. The molecule has 0 fully saturated rings. The number of amides is 3. The zero-order valence-electron chi connectivity index (χ0n) is 13.0. The lowest BCUT2D eigenvalue weighted by Gasteiger charge is -2.07. The van der Waals surface area contributed by atoms with E-state index in [4.69, 9.17) is 11.6 Å². The first kappa shape index (κ1) is 19.4. The number of rotatable bonds is 7. The van der Waals surface area contributed by atoms with Gasteiger partial charge in [-0.2, -0.15) is 0 Å². The molecule has 3 amide bonds. The van der Waals surface area contributed by atoms with Crippen LogP contribution in [0.25, 0.3) is 0 Å². The van der Waals surface area contributed by atoms with E-state index in [1.54, 1.807) is 31.2 Å². The Balaban J connectivity index is 2.22. The van der Waals surface area contributed by atoms with Gasteiger partial charge in [-0.15, -0.1) is 0 Å². The molecular formula is C15H17ClN2O6. The monoisotopic (exact) mass is 356 g/mol. The first-order valence-corrected chi connectivity index (χ1v) is 7.46. The van der Waals surface area contributed by atoms with Crippen LogP contribution in [0.15, 0.2) is 24.3 Å². The van der Waals surface area contributed by atoms with Crippen molar-refractivity contribution in [3.8, 4) is 0 Å². The third-order valence-corrected chi connectivity index (χ3v) is 2.85. The number of halogens is 1. The van der Waals surface area contributed by atoms with E-state index in [9.17, 15) is 19.2 Å². The van der Waals surface area contributed by atoms with E-state index in [1.807, 2.05) is 5.32 Å². The summed E-state index contributed by atoms with van der Waals surface area (Å²) < 4.78 is 9.15. The largest absolute Gasteiger partial charge is 0.456 e. The standard InChI is InChI=1S/C15H17ClN2O6/c1-2-23-15(22)18-12(19)9-24-13(20)7-8-17-14(21)10-3-5-11(16)6-4-10/h3-6H,2,7-9H2,1H3,(H,17,21)(H,18,19,22). The van der Waals surface area contributed by atoms with Crippen LogP contribution in [0.1, 0.15) is 23.7 Å². The molecule has 130 valence electrons. The molecule has 9 heteroatoms. The van der Waals surface area contributed by atoms with Crippen LogP contribution in [0.4, 0.5) is 4.79 Å². The number of imide groups is 1. The summed E-state index contributed by atoms with van der Waals surface area (Å²) in [6, 6.07) is 6.26. The minimum atomic E-state index is -0.909. The van der Waals surface area contributed by atoms with Crippen molar-refractivity contribution in [2.75, 3.05) is 19.8 Å². The lowest BCUT2D eigenvalue weighted by atomic mass is 10.2. The number of hydrogen-bond acceptors (Lipinski definition) is 6. The van der Waals surface area contributed by atoms with E-state index in [0.29, 0.717) is 10.6 Å². The molecule has 1 aromatic carbocycles. The Morgan fingerprint density at radius 2 is 1.75 bits per heavy atom. The van der Waals surface area contributed by atoms with Gasteiger partial charge in [-0.05, 0) is 31.2 Å². The molecule has 0 saturated heterocycles. The van der Waals surface area contributed by atoms with Gasteiger partial charge in [0, 0.05) is 17.1 Å². The zero-order valence-corrected chi connectivity index (χ0v) is 13.7. The van der Waals surface area contributed by atoms with Gasteiger partial charge in [0.15, 0.2) is 6.61 Å². The van der Waals surface area contributed by atoms with Gasteiger partial charge in [0.2, 0.25) is 0 Å². The average molecular weight is 357 g/mol. The van der Waals surface area contributed by atoms with Crippen LogP contribution in [0.3, 0.4) is 0 Å². The van der Waals surface area contributed by atoms with Crippen LogP contribution in [-0.4, -0.2) is 43.6 Å². The maximum atomic E-state index is 11.8. The van der Waals surface area contributed by atoms with Crippen LogP contribution in [0.5, 0.6) is 0 Å². The van der Waals surface area contributed by atoms with Crippen molar-refractivity contribution in [1.29, 1.82) is 0 Å². The first-order chi connectivity index (χ1) is 11.4. The summed E-state index contributed by atoms with van der Waals surface area (Å²) in [6.07, 6.45) is -1.03. The number of ether oxygens (including phenoxy) is 2. The molecule has 0 aliphatic rings. The number of alkyl carbamates (subject to hydrolysis) is 1. The Hall–Kier alpha value is -2.61. The van der Waals surface area contributed by atoms with E-state index in [1.165, 1.54) is 0 Å². The quantitative estimate of drug-likeness (QED) is 0.712. The Labute approximate surface area is 143 Å². The van der Waals surface area contributed by atoms with Crippen molar-refractivity contribution in [3.05, 3.63) is 34.9 Å². The molecule has 0 heterocycles. The highest BCUT2D eigenvalue weighted by Gasteiger charge is 2.12. The summed E-state index contributed by atoms with van der Waals surface area (Å²) in [6.45, 7) is 1.14. The Kier molecular flexibility index (Phi) is 8.28. The summed E-state index contributed by atoms with van der Waals surface area (Å²) >= 11 is 5.72. The molecular weight excluding hydrogens is 340 g/mol. The van der Waals surface area contributed by atoms with E-state index >= 15 is 0 Å². The normalized spacial score (nSPS) is 9.75. The van der Waals surface area contributed by atoms with Gasteiger partial charge in [-0.1, -0.05) is 11.6 Å². The summed E-state index contributed by atoms with van der Waals surface area (Å²) in [5.41, 5.74) is 0.404. The third kappa shape index (κ3) is 7.59. The molecule has 0 atom stereocenters. The van der Waals surface area contributed by atoms with Crippen molar-refractivity contribution in [2.24, 2.45) is 0 Å². The molecule has 1 rings (SSSR count). The van der Waals surface area contributed by atoms with Crippen molar-refractivity contribution in [3.63, 3.8) is 0 Å². The van der Waals surface area contributed by atoms with Crippen LogP contribution in [0.2, 0.25) is 5.02 Å². The lowest BCUT2D eigenvalue weighted by Crippen LogP contribution is -2.35. The number of nitrogens with one attached hydrogen (secondary N) is 2. The molecule has 2 N–H and O–H groups in total. The highest BCUT2D eigenvalue weighted by atomic mass is 35.5. The predicted octanol–water partition coefficient (Wildman–Crippen LogP) is 1.28. The summed E-state index contributed by atoms with van der Waals surface area (Å²) in [4.78, 5) is 45.4. The van der Waals surface area contributed by atoms with Crippen LogP contribution >= 0.6 is 11.6 Å². The Bertz CT molecular complexity index is 602. The molecule has 0 aliphatic heterocycles. The van der Waals surface area contributed by atoms with Gasteiger partial charge in [-0.3, -0.25) is 19.7 Å². The van der Waals surface area contributed by atoms with Gasteiger partial charge < -0.3 is 14.8 Å². The summed E-state index contributed by atoms with van der Waals surface area (Å²) in [5, 5.41) is 4.92. The average Bonchev–Trinajstić information content (AvgIpc) is 2.53. The highest BCUT2D eigenvalue weighted by Crippen LogP contribution is 2.09. The van der Waals surface area contributed by atoms with E-state index in [-0.39, 0.29) is 25.5 Å². The second-order valence-electron chi connectivity index (χ2n) is 4.44. The van der Waals surface area contributed by atoms with Crippen molar-refractivity contribution in [2.45, 2.75) is 13.3 Å². The molecule has 0 aromatic heterocycles. The van der Waals surface area contributed by atoms with E-state index < -0.39 is 24.6 Å². The molecule has 8 nitrogen and oxygen atoms in total. The van der Waals surface area contributed by atoms with Gasteiger partial charge in [0.1, 0.15) is 0 Å². The van der Waals surface area contributed by atoms with Crippen LogP contribution in [0, 0.1) is 0 Å². The fourth-order valence-corrected chi connectivity index (χ4v) is 1.64. The van der Waals surface area contributed by atoms with Crippen molar-refractivity contribution < 1.29 is 28.7 Å². The van der Waals surface area contributed by atoms with Gasteiger partial charge in [-0.25, -0.2) is 4.79 Å². The van der Waals surface area contributed by atoms with Gasteiger partial charge in [0.25, 0.3) is 11.8 Å². The molecule has 0 bridgehead atoms. The molecule has 0 radical (unpaired) electrons. The van der Waals surface area contributed by atoms with Crippen molar-refractivity contribution in [1.82, 2.24) is 10.6 Å². The summed E-state index contributed by atoms with van der Waals surface area (Å²) in [5.74, 6) is -1.85. The summed E-state index contributed by atoms with van der Waals surface area (Å²) in [7, 11) is 0. The molecule has 1 aromatic rings. The molecule has 0 aliphatic carbocycles. The minimum absolute atomic E-state index is 0.0415. The van der Waals surface area contributed by atoms with Gasteiger partial charge >= 0.3 is 12.1 Å². The maximum absolute atomic E-state index is 11.8. The SMILES string of the molecule is CCOC(=O)NC(=O)COC(=O)CCNC(=O)c1ccc(Cl)cc1. The Morgan fingerprint density at radius 1 is 1.08 bits per heavy atom. The fourth-order valence-electron chi connectivity index (χ4n) is 1.52. The third-order valence-electron chi connectivity index (χ3n) is 2.60. The number of hydrogen-bond donors (Lipinski definition) is 2. The lowest BCUT2D eigenvalue weighted by molar-refractivity contribution is -0.148. The number of carbonyl (C=O) groups is 4. The fraction of sp³-hybridized carbons (Fsp3) is 0.333. The Morgan fingerprint density at radius 3 is 2.38 bits per heavy atom. The molecule has 0 unspecified atom stereocenters. The number of benzene rings is 1. The van der Waals surface area contributed by atoms with E-state index in [0.717, 1.165) is 0 Å². The first-order valence-electron chi connectivity index (χ1n) is 7.08. The number of carbonyl (C=O) groups excluding carboxylic acids is 4. The number of esters is 1. The topological polar surface area (TPSA) is 111 Å². The molecule has 24 heavy (non-hydrogen) atoms. The van der Waals surface area contributed by atoms with Crippen LogP contribution < -0.4 is 10.6 Å². The van der Waals surface area contributed by atoms with Crippen molar-refractivity contribution >= 4 is 35.5 Å². The predicted molar refractivity (Wildman–Crippen MR) is 84.5 cm³/mol.